The molecule has 1 aromatic rings. The summed E-state index contributed by atoms with van der Waals surface area (Å²) in [6.45, 7) is 3.32. The number of benzene rings is 1. The predicted octanol–water partition coefficient (Wildman–Crippen LogP) is 3.48. The Morgan fingerprint density at radius 3 is 2.10 bits per heavy atom. The summed E-state index contributed by atoms with van der Waals surface area (Å²) in [4.78, 5) is 23.4. The SMILES string of the molecule is C=COC(=O)c1ccc(C(=O)OC2CCCCC2)cc1. The molecule has 0 heterocycles. The molecule has 1 aliphatic carbocycles. The van der Waals surface area contributed by atoms with Crippen LogP contribution in [0.15, 0.2) is 37.1 Å². The summed E-state index contributed by atoms with van der Waals surface area (Å²) in [7, 11) is 0. The summed E-state index contributed by atoms with van der Waals surface area (Å²) >= 11 is 0. The van der Waals surface area contributed by atoms with Crippen LogP contribution < -0.4 is 0 Å². The number of esters is 2. The van der Waals surface area contributed by atoms with Crippen molar-refractivity contribution in [3.05, 3.63) is 48.2 Å². The van der Waals surface area contributed by atoms with Crippen LogP contribution in [0.2, 0.25) is 0 Å². The lowest BCUT2D eigenvalue weighted by atomic mass is 9.98. The van der Waals surface area contributed by atoms with Gasteiger partial charge in [0.25, 0.3) is 0 Å². The Hall–Kier alpha value is -2.10. The maximum absolute atomic E-state index is 12.0. The van der Waals surface area contributed by atoms with Gasteiger partial charge in [-0.2, -0.15) is 0 Å². The maximum Gasteiger partial charge on any atom is 0.342 e. The number of carbonyl (C=O) groups is 2. The smallest absolute Gasteiger partial charge is 0.342 e. The molecule has 0 amide bonds. The van der Waals surface area contributed by atoms with Gasteiger partial charge in [-0.15, -0.1) is 0 Å². The van der Waals surface area contributed by atoms with E-state index in [1.54, 1.807) is 24.3 Å². The number of hydrogen-bond donors (Lipinski definition) is 0. The molecule has 20 heavy (non-hydrogen) atoms. The summed E-state index contributed by atoms with van der Waals surface area (Å²) in [5.41, 5.74) is 0.824. The van der Waals surface area contributed by atoms with Gasteiger partial charge in [0.1, 0.15) is 6.10 Å². The van der Waals surface area contributed by atoms with Gasteiger partial charge in [0.05, 0.1) is 17.4 Å². The van der Waals surface area contributed by atoms with Gasteiger partial charge in [-0.1, -0.05) is 13.0 Å². The van der Waals surface area contributed by atoms with E-state index in [2.05, 4.69) is 11.3 Å². The van der Waals surface area contributed by atoms with Crippen molar-refractivity contribution in [2.75, 3.05) is 0 Å². The molecule has 4 nitrogen and oxygen atoms in total. The van der Waals surface area contributed by atoms with Crippen LogP contribution in [0, 0.1) is 0 Å². The van der Waals surface area contributed by atoms with E-state index in [1.165, 1.54) is 6.42 Å². The minimum absolute atomic E-state index is 0.0293. The van der Waals surface area contributed by atoms with Gasteiger partial charge < -0.3 is 9.47 Å². The number of rotatable bonds is 4. The number of carbonyl (C=O) groups excluding carboxylic acids is 2. The third kappa shape index (κ3) is 3.70. The third-order valence-electron chi connectivity index (χ3n) is 3.37. The third-order valence-corrected chi connectivity index (χ3v) is 3.37. The molecule has 0 spiro atoms. The lowest BCUT2D eigenvalue weighted by molar-refractivity contribution is 0.0210. The molecule has 0 atom stereocenters. The molecular formula is C16H18O4. The first-order valence-electron chi connectivity index (χ1n) is 6.83. The van der Waals surface area contributed by atoms with Crippen molar-refractivity contribution in [2.45, 2.75) is 38.2 Å². The topological polar surface area (TPSA) is 52.6 Å². The van der Waals surface area contributed by atoms with Crippen LogP contribution in [0.25, 0.3) is 0 Å². The normalized spacial score (nSPS) is 15.4. The molecule has 1 aromatic carbocycles. The summed E-state index contributed by atoms with van der Waals surface area (Å²) in [6, 6.07) is 6.24. The molecule has 0 unspecified atom stereocenters. The summed E-state index contributed by atoms with van der Waals surface area (Å²) < 4.78 is 10.1. The van der Waals surface area contributed by atoms with E-state index < -0.39 is 5.97 Å². The van der Waals surface area contributed by atoms with E-state index in [9.17, 15) is 9.59 Å². The molecule has 1 aliphatic rings. The van der Waals surface area contributed by atoms with Crippen molar-refractivity contribution in [2.24, 2.45) is 0 Å². The molecule has 0 N–H and O–H groups in total. The van der Waals surface area contributed by atoms with E-state index in [4.69, 9.17) is 4.74 Å². The first-order valence-corrected chi connectivity index (χ1v) is 6.83. The minimum Gasteiger partial charge on any atom is -0.459 e. The number of hydrogen-bond acceptors (Lipinski definition) is 4. The fraction of sp³-hybridized carbons (Fsp3) is 0.375. The first-order chi connectivity index (χ1) is 9.70. The molecule has 1 fully saturated rings. The quantitative estimate of drug-likeness (QED) is 0.623. The Bertz CT molecular complexity index is 484. The van der Waals surface area contributed by atoms with Gasteiger partial charge in [0.2, 0.25) is 0 Å². The standard InChI is InChI=1S/C16H18O4/c1-2-19-15(17)12-8-10-13(11-9-12)16(18)20-14-6-4-3-5-7-14/h2,8-11,14H,1,3-7H2. The van der Waals surface area contributed by atoms with Crippen molar-refractivity contribution in [3.8, 4) is 0 Å². The second kappa shape index (κ2) is 6.89. The van der Waals surface area contributed by atoms with Crippen LogP contribution in [0.5, 0.6) is 0 Å². The first kappa shape index (κ1) is 14.3. The van der Waals surface area contributed by atoms with E-state index in [0.717, 1.165) is 31.9 Å². The highest BCUT2D eigenvalue weighted by atomic mass is 16.5. The van der Waals surface area contributed by atoms with Gasteiger partial charge in [-0.3, -0.25) is 0 Å². The molecular weight excluding hydrogens is 256 g/mol. The fourth-order valence-electron chi connectivity index (χ4n) is 2.29. The van der Waals surface area contributed by atoms with Crippen LogP contribution in [-0.2, 0) is 9.47 Å². The van der Waals surface area contributed by atoms with Crippen molar-refractivity contribution in [3.63, 3.8) is 0 Å². The summed E-state index contributed by atoms with van der Waals surface area (Å²) in [5.74, 6) is -0.826. The highest BCUT2D eigenvalue weighted by molar-refractivity contribution is 5.93. The zero-order chi connectivity index (χ0) is 14.4. The van der Waals surface area contributed by atoms with Crippen LogP contribution in [-0.4, -0.2) is 18.0 Å². The van der Waals surface area contributed by atoms with Gasteiger partial charge in [0.15, 0.2) is 0 Å². The van der Waals surface area contributed by atoms with Crippen LogP contribution >= 0.6 is 0 Å². The van der Waals surface area contributed by atoms with Crippen LogP contribution in [0.1, 0.15) is 52.8 Å². The molecule has 0 bridgehead atoms. The highest BCUT2D eigenvalue weighted by Crippen LogP contribution is 2.21. The average Bonchev–Trinajstić information content (AvgIpc) is 2.48. The van der Waals surface area contributed by atoms with E-state index >= 15 is 0 Å². The average molecular weight is 274 g/mol. The van der Waals surface area contributed by atoms with E-state index in [0.29, 0.717) is 11.1 Å². The zero-order valence-corrected chi connectivity index (χ0v) is 11.3. The molecule has 4 heteroatoms. The summed E-state index contributed by atoms with van der Waals surface area (Å²) in [6.07, 6.45) is 6.43. The second-order valence-electron chi connectivity index (χ2n) is 4.81. The fourth-order valence-corrected chi connectivity index (χ4v) is 2.29. The molecule has 106 valence electrons. The molecule has 2 rings (SSSR count). The predicted molar refractivity (Wildman–Crippen MR) is 74.3 cm³/mol. The Morgan fingerprint density at radius 1 is 1.00 bits per heavy atom. The zero-order valence-electron chi connectivity index (χ0n) is 11.3. The van der Waals surface area contributed by atoms with Crippen LogP contribution in [0.3, 0.4) is 0 Å². The Balaban J connectivity index is 1.96. The van der Waals surface area contributed by atoms with Crippen molar-refractivity contribution in [1.29, 1.82) is 0 Å². The van der Waals surface area contributed by atoms with Gasteiger partial charge in [-0.25, -0.2) is 9.59 Å². The van der Waals surface area contributed by atoms with E-state index in [1.807, 2.05) is 0 Å². The molecule has 1 saturated carbocycles. The van der Waals surface area contributed by atoms with Crippen molar-refractivity contribution in [1.82, 2.24) is 0 Å². The Kier molecular flexibility index (Phi) is 4.93. The number of ether oxygens (including phenoxy) is 2. The lowest BCUT2D eigenvalue weighted by Gasteiger charge is -2.21. The van der Waals surface area contributed by atoms with Crippen LogP contribution in [0.4, 0.5) is 0 Å². The second-order valence-corrected chi connectivity index (χ2v) is 4.81. The van der Waals surface area contributed by atoms with Gasteiger partial charge >= 0.3 is 11.9 Å². The molecule has 0 radical (unpaired) electrons. The molecule has 0 aromatic heterocycles. The van der Waals surface area contributed by atoms with E-state index in [-0.39, 0.29) is 12.1 Å². The Labute approximate surface area is 118 Å². The largest absolute Gasteiger partial charge is 0.459 e. The van der Waals surface area contributed by atoms with Gasteiger partial charge in [-0.05, 0) is 49.9 Å². The lowest BCUT2D eigenvalue weighted by Crippen LogP contribution is -2.20. The minimum atomic E-state index is -0.493. The summed E-state index contributed by atoms with van der Waals surface area (Å²) in [5, 5.41) is 0. The monoisotopic (exact) mass is 274 g/mol. The maximum atomic E-state index is 12.0. The highest BCUT2D eigenvalue weighted by Gasteiger charge is 2.19. The van der Waals surface area contributed by atoms with Gasteiger partial charge in [0, 0.05) is 0 Å². The van der Waals surface area contributed by atoms with Crippen molar-refractivity contribution >= 4 is 11.9 Å². The van der Waals surface area contributed by atoms with Crippen molar-refractivity contribution < 1.29 is 19.1 Å². The Morgan fingerprint density at radius 2 is 1.55 bits per heavy atom. The molecule has 0 aliphatic heterocycles. The molecule has 0 saturated heterocycles.